The molecule has 1 aromatic rings. The summed E-state index contributed by atoms with van der Waals surface area (Å²) >= 11 is 0. The first kappa shape index (κ1) is 7.11. The highest BCUT2D eigenvalue weighted by Crippen LogP contribution is 2.19. The molecule has 1 atom stereocenters. The number of carbonyl (C=O) groups excluding carboxylic acids is 1. The third-order valence-electron chi connectivity index (χ3n) is 1.69. The number of carbonyl (C=O) groups is 1. The molecule has 0 saturated heterocycles. The SMILES string of the molecule is O=C1NCC(O)c2[nH]cnc2N1. The zero-order valence-corrected chi connectivity index (χ0v) is 6.16. The summed E-state index contributed by atoms with van der Waals surface area (Å²) in [5, 5.41) is 14.4. The average molecular weight is 168 g/mol. The van der Waals surface area contributed by atoms with Gasteiger partial charge in [0.25, 0.3) is 0 Å². The molecule has 0 aromatic carbocycles. The Morgan fingerprint density at radius 3 is 3.33 bits per heavy atom. The number of hydrogen-bond donors (Lipinski definition) is 4. The maximum atomic E-state index is 10.9. The molecule has 6 heteroatoms. The number of imidazole rings is 1. The monoisotopic (exact) mass is 168 g/mol. The number of fused-ring (bicyclic) bond motifs is 1. The fourth-order valence-corrected chi connectivity index (χ4v) is 1.10. The Kier molecular flexibility index (Phi) is 1.47. The van der Waals surface area contributed by atoms with Crippen LogP contribution in [0.1, 0.15) is 11.8 Å². The smallest absolute Gasteiger partial charge is 0.320 e. The lowest BCUT2D eigenvalue weighted by Gasteiger charge is -2.03. The van der Waals surface area contributed by atoms with E-state index in [1.165, 1.54) is 6.33 Å². The van der Waals surface area contributed by atoms with Gasteiger partial charge >= 0.3 is 6.03 Å². The summed E-state index contributed by atoms with van der Waals surface area (Å²) in [6.07, 6.45) is 0.709. The van der Waals surface area contributed by atoms with Crippen molar-refractivity contribution in [2.24, 2.45) is 0 Å². The van der Waals surface area contributed by atoms with Gasteiger partial charge in [0.2, 0.25) is 0 Å². The quantitative estimate of drug-likeness (QED) is 0.424. The van der Waals surface area contributed by atoms with Gasteiger partial charge in [0.15, 0.2) is 5.82 Å². The molecule has 2 rings (SSSR count). The van der Waals surface area contributed by atoms with Crippen LogP contribution in [-0.4, -0.2) is 27.7 Å². The van der Waals surface area contributed by atoms with Crippen molar-refractivity contribution in [2.75, 3.05) is 11.9 Å². The first-order valence-electron chi connectivity index (χ1n) is 3.53. The predicted octanol–water partition coefficient (Wildman–Crippen LogP) is -0.422. The Labute approximate surface area is 68.0 Å². The number of H-pyrrole nitrogens is 1. The highest BCUT2D eigenvalue weighted by atomic mass is 16.3. The van der Waals surface area contributed by atoms with E-state index < -0.39 is 6.10 Å². The number of aliphatic hydroxyl groups excluding tert-OH is 1. The van der Waals surface area contributed by atoms with E-state index in [9.17, 15) is 9.90 Å². The van der Waals surface area contributed by atoms with E-state index in [-0.39, 0.29) is 12.6 Å². The van der Waals surface area contributed by atoms with Crippen LogP contribution in [0.5, 0.6) is 0 Å². The average Bonchev–Trinajstić information content (AvgIpc) is 2.44. The fourth-order valence-electron chi connectivity index (χ4n) is 1.10. The molecule has 0 aliphatic carbocycles. The van der Waals surface area contributed by atoms with Gasteiger partial charge in [0, 0.05) is 0 Å². The highest BCUT2D eigenvalue weighted by Gasteiger charge is 2.21. The molecule has 2 amide bonds. The van der Waals surface area contributed by atoms with Crippen LogP contribution < -0.4 is 10.6 Å². The standard InChI is InChI=1S/C6H8N4O2/c11-3-1-7-6(12)10-5-4(3)8-2-9-5/h2-3,11H,1H2,(H,8,9)(H2,7,10,12). The van der Waals surface area contributed by atoms with Crippen LogP contribution in [0.2, 0.25) is 0 Å². The molecule has 1 unspecified atom stereocenters. The molecule has 64 valence electrons. The fraction of sp³-hybridized carbons (Fsp3) is 0.333. The molecule has 0 bridgehead atoms. The maximum Gasteiger partial charge on any atom is 0.320 e. The summed E-state index contributed by atoms with van der Waals surface area (Å²) < 4.78 is 0. The number of amides is 2. The van der Waals surface area contributed by atoms with E-state index in [0.717, 1.165) is 0 Å². The number of nitrogens with zero attached hydrogens (tertiary/aromatic N) is 1. The molecule has 6 nitrogen and oxygen atoms in total. The molecule has 12 heavy (non-hydrogen) atoms. The van der Waals surface area contributed by atoms with E-state index in [1.54, 1.807) is 0 Å². The van der Waals surface area contributed by atoms with Crippen LogP contribution >= 0.6 is 0 Å². The molecule has 0 radical (unpaired) electrons. The molecule has 0 fully saturated rings. The zero-order chi connectivity index (χ0) is 8.55. The summed E-state index contributed by atoms with van der Waals surface area (Å²) in [6.45, 7) is 0.195. The van der Waals surface area contributed by atoms with Crippen LogP contribution in [0.15, 0.2) is 6.33 Å². The minimum Gasteiger partial charge on any atom is -0.385 e. The second kappa shape index (κ2) is 2.49. The van der Waals surface area contributed by atoms with E-state index in [2.05, 4.69) is 20.6 Å². The summed E-state index contributed by atoms with van der Waals surface area (Å²) in [7, 11) is 0. The van der Waals surface area contributed by atoms with Crippen LogP contribution in [0.3, 0.4) is 0 Å². The van der Waals surface area contributed by atoms with Gasteiger partial charge in [-0.2, -0.15) is 0 Å². The van der Waals surface area contributed by atoms with E-state index >= 15 is 0 Å². The lowest BCUT2D eigenvalue weighted by atomic mass is 10.2. The number of anilines is 1. The van der Waals surface area contributed by atoms with Crippen molar-refractivity contribution in [3.05, 3.63) is 12.0 Å². The van der Waals surface area contributed by atoms with Gasteiger partial charge in [0.05, 0.1) is 18.6 Å². The third-order valence-corrected chi connectivity index (χ3v) is 1.69. The Bertz CT molecular complexity index is 308. The van der Waals surface area contributed by atoms with Crippen LogP contribution in [-0.2, 0) is 0 Å². The zero-order valence-electron chi connectivity index (χ0n) is 6.16. The lowest BCUT2D eigenvalue weighted by molar-refractivity contribution is 0.174. The Morgan fingerprint density at radius 2 is 2.50 bits per heavy atom. The summed E-state index contributed by atoms with van der Waals surface area (Å²) in [6, 6.07) is -0.347. The number of β-amino-alcohol motifs (C(OH)–C–C–N with tert-alkyl or cyclic N) is 1. The Balaban J connectivity index is 2.38. The minimum atomic E-state index is -0.721. The maximum absolute atomic E-state index is 10.9. The largest absolute Gasteiger partial charge is 0.385 e. The number of rotatable bonds is 0. The van der Waals surface area contributed by atoms with Crippen molar-refractivity contribution in [2.45, 2.75) is 6.10 Å². The van der Waals surface area contributed by atoms with E-state index in [0.29, 0.717) is 11.5 Å². The van der Waals surface area contributed by atoms with Gasteiger partial charge < -0.3 is 15.4 Å². The molecule has 1 aliphatic heterocycles. The van der Waals surface area contributed by atoms with Gasteiger partial charge in [-0.1, -0.05) is 0 Å². The van der Waals surface area contributed by atoms with Crippen LogP contribution in [0, 0.1) is 0 Å². The lowest BCUT2D eigenvalue weighted by Crippen LogP contribution is -2.29. The number of hydrogen-bond acceptors (Lipinski definition) is 3. The first-order valence-corrected chi connectivity index (χ1v) is 3.53. The van der Waals surface area contributed by atoms with Gasteiger partial charge in [-0.25, -0.2) is 9.78 Å². The minimum absolute atomic E-state index is 0.195. The van der Waals surface area contributed by atoms with Gasteiger partial charge in [-0.3, -0.25) is 5.32 Å². The molecule has 0 saturated carbocycles. The van der Waals surface area contributed by atoms with Crippen molar-refractivity contribution in [1.29, 1.82) is 0 Å². The topological polar surface area (TPSA) is 90.0 Å². The molecular formula is C6H8N4O2. The molecule has 2 heterocycles. The van der Waals surface area contributed by atoms with Gasteiger partial charge in [-0.05, 0) is 0 Å². The second-order valence-corrected chi connectivity index (χ2v) is 2.52. The molecule has 1 aromatic heterocycles. The van der Waals surface area contributed by atoms with Crippen molar-refractivity contribution in [3.8, 4) is 0 Å². The number of nitrogens with one attached hydrogen (secondary N) is 3. The number of aromatic amines is 1. The summed E-state index contributed by atoms with van der Waals surface area (Å²) in [5.74, 6) is 0.387. The molecule has 4 N–H and O–H groups in total. The highest BCUT2D eigenvalue weighted by molar-refractivity contribution is 5.89. The van der Waals surface area contributed by atoms with Crippen LogP contribution in [0.25, 0.3) is 0 Å². The van der Waals surface area contributed by atoms with Crippen molar-refractivity contribution >= 4 is 11.8 Å². The van der Waals surface area contributed by atoms with Crippen molar-refractivity contribution < 1.29 is 9.90 Å². The number of aliphatic hydroxyl groups is 1. The number of aromatic nitrogens is 2. The molecule has 1 aliphatic rings. The number of urea groups is 1. The van der Waals surface area contributed by atoms with E-state index in [4.69, 9.17) is 0 Å². The third kappa shape index (κ3) is 1.02. The first-order chi connectivity index (χ1) is 5.77. The van der Waals surface area contributed by atoms with E-state index in [1.807, 2.05) is 0 Å². The Hall–Kier alpha value is -1.56. The normalized spacial score (nSPS) is 22.1. The second-order valence-electron chi connectivity index (χ2n) is 2.52. The molecule has 0 spiro atoms. The summed E-state index contributed by atoms with van der Waals surface area (Å²) in [4.78, 5) is 17.5. The predicted molar refractivity (Wildman–Crippen MR) is 40.6 cm³/mol. The van der Waals surface area contributed by atoms with Crippen molar-refractivity contribution in [1.82, 2.24) is 15.3 Å². The molecular weight excluding hydrogens is 160 g/mol. The summed E-state index contributed by atoms with van der Waals surface area (Å²) in [5.41, 5.74) is 0.536. The Morgan fingerprint density at radius 1 is 1.67 bits per heavy atom. The van der Waals surface area contributed by atoms with Crippen molar-refractivity contribution in [3.63, 3.8) is 0 Å². The van der Waals surface area contributed by atoms with Gasteiger partial charge in [-0.15, -0.1) is 0 Å². The van der Waals surface area contributed by atoms with Gasteiger partial charge in [0.1, 0.15) is 6.10 Å². The van der Waals surface area contributed by atoms with Crippen LogP contribution in [0.4, 0.5) is 10.6 Å².